The molecule has 0 saturated carbocycles. The molecule has 0 saturated heterocycles. The van der Waals surface area contributed by atoms with Gasteiger partial charge in [-0.15, -0.1) is 0 Å². The van der Waals surface area contributed by atoms with Crippen molar-refractivity contribution in [3.63, 3.8) is 0 Å². The summed E-state index contributed by atoms with van der Waals surface area (Å²) in [5.41, 5.74) is 3.13. The molecule has 0 fully saturated rings. The quantitative estimate of drug-likeness (QED) is 0.320. The fraction of sp³-hybridized carbons (Fsp3) is 0.231. The lowest BCUT2D eigenvalue weighted by Gasteiger charge is -2.23. The maximum atomic E-state index is 13.1. The molecule has 0 spiro atoms. The summed E-state index contributed by atoms with van der Waals surface area (Å²) in [6.07, 6.45) is 0.444. The molecule has 0 unspecified atom stereocenters. The van der Waals surface area contributed by atoms with E-state index in [9.17, 15) is 4.79 Å². The summed E-state index contributed by atoms with van der Waals surface area (Å²) in [7, 11) is 0. The van der Waals surface area contributed by atoms with Crippen molar-refractivity contribution in [2.24, 2.45) is 4.99 Å². The molecule has 30 heavy (non-hydrogen) atoms. The first-order valence-electron chi connectivity index (χ1n) is 9.98. The number of halogens is 1. The minimum Gasteiger partial charge on any atom is -0.458 e. The summed E-state index contributed by atoms with van der Waals surface area (Å²) in [6, 6.07) is 27.1. The molecule has 1 atom stereocenters. The second-order valence-corrected chi connectivity index (χ2v) is 8.91. The highest BCUT2D eigenvalue weighted by Gasteiger charge is 2.26. The summed E-state index contributed by atoms with van der Waals surface area (Å²) in [5, 5.41) is 0. The van der Waals surface area contributed by atoms with Crippen molar-refractivity contribution in [3.8, 4) is 0 Å². The Kier molecular flexibility index (Phi) is 7.22. The summed E-state index contributed by atoms with van der Waals surface area (Å²) in [4.78, 5) is 18.1. The van der Waals surface area contributed by atoms with E-state index in [0.29, 0.717) is 6.42 Å². The second-order valence-electron chi connectivity index (χ2n) is 8.05. The molecule has 0 bridgehead atoms. The largest absolute Gasteiger partial charge is 0.458 e. The van der Waals surface area contributed by atoms with Crippen LogP contribution in [0.3, 0.4) is 0 Å². The van der Waals surface area contributed by atoms with Gasteiger partial charge in [0.1, 0.15) is 5.60 Å². The average molecular weight is 464 g/mol. The number of ether oxygens (including phenoxy) is 1. The first kappa shape index (κ1) is 22.0. The van der Waals surface area contributed by atoms with Gasteiger partial charge in [0.25, 0.3) is 0 Å². The van der Waals surface area contributed by atoms with E-state index in [0.717, 1.165) is 26.9 Å². The molecule has 3 rings (SSSR count). The van der Waals surface area contributed by atoms with Crippen molar-refractivity contribution in [1.82, 2.24) is 0 Å². The average Bonchev–Trinajstić information content (AvgIpc) is 2.72. The van der Waals surface area contributed by atoms with Crippen LogP contribution < -0.4 is 0 Å². The molecule has 3 nitrogen and oxygen atoms in total. The third kappa shape index (κ3) is 6.14. The van der Waals surface area contributed by atoms with E-state index >= 15 is 0 Å². The van der Waals surface area contributed by atoms with Crippen LogP contribution in [0.15, 0.2) is 94.4 Å². The lowest BCUT2D eigenvalue weighted by molar-refractivity contribution is -0.156. The second kappa shape index (κ2) is 9.86. The van der Waals surface area contributed by atoms with Gasteiger partial charge in [-0.05, 0) is 32.4 Å². The molecule has 154 valence electrons. The van der Waals surface area contributed by atoms with Crippen LogP contribution in [-0.4, -0.2) is 23.3 Å². The number of carbonyl (C=O) groups excluding carboxylic acids is 1. The van der Waals surface area contributed by atoms with Crippen LogP contribution in [-0.2, 0) is 16.0 Å². The van der Waals surface area contributed by atoms with Crippen molar-refractivity contribution >= 4 is 27.6 Å². The molecule has 0 aliphatic carbocycles. The first-order chi connectivity index (χ1) is 14.3. The van der Waals surface area contributed by atoms with Gasteiger partial charge in [0.05, 0.1) is 5.71 Å². The van der Waals surface area contributed by atoms with Crippen molar-refractivity contribution < 1.29 is 9.53 Å². The topological polar surface area (TPSA) is 38.7 Å². The van der Waals surface area contributed by atoms with Crippen LogP contribution in [0, 0.1) is 0 Å². The summed E-state index contributed by atoms with van der Waals surface area (Å²) < 4.78 is 6.68. The van der Waals surface area contributed by atoms with Gasteiger partial charge in [-0.3, -0.25) is 4.99 Å². The number of hydrogen-bond acceptors (Lipinski definition) is 3. The molecule has 0 aliphatic heterocycles. The fourth-order valence-corrected chi connectivity index (χ4v) is 3.53. The van der Waals surface area contributed by atoms with Gasteiger partial charge in [-0.2, -0.15) is 0 Å². The van der Waals surface area contributed by atoms with Crippen LogP contribution in [0.5, 0.6) is 0 Å². The van der Waals surface area contributed by atoms with E-state index < -0.39 is 11.6 Å². The van der Waals surface area contributed by atoms with Crippen LogP contribution in [0.2, 0.25) is 0 Å². The number of esters is 1. The van der Waals surface area contributed by atoms with Crippen molar-refractivity contribution in [3.05, 3.63) is 106 Å². The van der Waals surface area contributed by atoms with Crippen LogP contribution >= 0.6 is 15.9 Å². The van der Waals surface area contributed by atoms with E-state index in [4.69, 9.17) is 9.73 Å². The standard InChI is InChI=1S/C26H26BrNO2/c1-26(2,3)30-25(29)23(18-21-16-10-11-17-22(21)27)28-24(19-12-6-4-7-13-19)20-14-8-5-9-15-20/h4-17,23H,18H2,1-3H3/t23-/m1/s1. The number of carbonyl (C=O) groups is 1. The molecule has 0 heterocycles. The Bertz CT molecular complexity index is 966. The molecule has 0 aliphatic rings. The third-order valence-electron chi connectivity index (χ3n) is 4.43. The highest BCUT2D eigenvalue weighted by molar-refractivity contribution is 9.10. The predicted octanol–water partition coefficient (Wildman–Crippen LogP) is 6.24. The van der Waals surface area contributed by atoms with E-state index in [-0.39, 0.29) is 5.97 Å². The molecule has 3 aromatic rings. The van der Waals surface area contributed by atoms with Crippen LogP contribution in [0.25, 0.3) is 0 Å². The van der Waals surface area contributed by atoms with Gasteiger partial charge >= 0.3 is 5.97 Å². The number of hydrogen-bond donors (Lipinski definition) is 0. The summed E-state index contributed by atoms with van der Waals surface area (Å²) >= 11 is 3.59. The van der Waals surface area contributed by atoms with Crippen LogP contribution in [0.1, 0.15) is 37.5 Å². The Balaban J connectivity index is 2.08. The van der Waals surface area contributed by atoms with Crippen LogP contribution in [0.4, 0.5) is 0 Å². The van der Waals surface area contributed by atoms with Gasteiger partial charge in [-0.25, -0.2) is 4.79 Å². The maximum Gasteiger partial charge on any atom is 0.331 e. The first-order valence-corrected chi connectivity index (χ1v) is 10.8. The third-order valence-corrected chi connectivity index (χ3v) is 5.20. The lowest BCUT2D eigenvalue weighted by Crippen LogP contribution is -2.33. The minimum atomic E-state index is -0.668. The molecular formula is C26H26BrNO2. The molecule has 0 N–H and O–H groups in total. The number of rotatable bonds is 6. The Morgan fingerprint density at radius 3 is 1.87 bits per heavy atom. The van der Waals surface area contributed by atoms with Gasteiger partial charge < -0.3 is 4.74 Å². The SMILES string of the molecule is CC(C)(C)OC(=O)[C@@H](Cc1ccccc1Br)N=C(c1ccccc1)c1ccccc1. The smallest absolute Gasteiger partial charge is 0.331 e. The minimum absolute atomic E-state index is 0.331. The van der Waals surface area contributed by atoms with E-state index in [1.165, 1.54) is 0 Å². The lowest BCUT2D eigenvalue weighted by atomic mass is 10.0. The Morgan fingerprint density at radius 1 is 0.867 bits per heavy atom. The van der Waals surface area contributed by atoms with Gasteiger partial charge in [0.2, 0.25) is 0 Å². The Labute approximate surface area is 187 Å². The number of benzene rings is 3. The highest BCUT2D eigenvalue weighted by atomic mass is 79.9. The van der Waals surface area contributed by atoms with Gasteiger partial charge in [-0.1, -0.05) is 94.8 Å². The number of aliphatic imine (C=N–C) groups is 1. The van der Waals surface area contributed by atoms with E-state index in [1.807, 2.05) is 106 Å². The Hall–Kier alpha value is -2.72. The Morgan fingerprint density at radius 2 is 1.37 bits per heavy atom. The number of nitrogens with zero attached hydrogens (tertiary/aromatic N) is 1. The molecule has 4 heteroatoms. The van der Waals surface area contributed by atoms with E-state index in [2.05, 4.69) is 15.9 Å². The zero-order valence-electron chi connectivity index (χ0n) is 17.5. The molecule has 0 amide bonds. The van der Waals surface area contributed by atoms with Gasteiger partial charge in [0, 0.05) is 22.0 Å². The zero-order valence-corrected chi connectivity index (χ0v) is 19.1. The molecule has 3 aromatic carbocycles. The zero-order chi connectivity index (χ0) is 21.6. The maximum absolute atomic E-state index is 13.1. The normalized spacial score (nSPS) is 12.1. The van der Waals surface area contributed by atoms with Crippen molar-refractivity contribution in [1.29, 1.82) is 0 Å². The monoisotopic (exact) mass is 463 g/mol. The summed E-state index contributed by atoms with van der Waals surface area (Å²) in [5.74, 6) is -0.331. The fourth-order valence-electron chi connectivity index (χ4n) is 3.09. The summed E-state index contributed by atoms with van der Waals surface area (Å²) in [6.45, 7) is 5.62. The van der Waals surface area contributed by atoms with E-state index in [1.54, 1.807) is 0 Å². The highest BCUT2D eigenvalue weighted by Crippen LogP contribution is 2.22. The molecule has 0 aromatic heterocycles. The molecular weight excluding hydrogens is 438 g/mol. The van der Waals surface area contributed by atoms with Crippen molar-refractivity contribution in [2.75, 3.05) is 0 Å². The predicted molar refractivity (Wildman–Crippen MR) is 126 cm³/mol. The van der Waals surface area contributed by atoms with Gasteiger partial charge in [0.15, 0.2) is 6.04 Å². The molecule has 0 radical (unpaired) electrons. The van der Waals surface area contributed by atoms with Crippen molar-refractivity contribution in [2.45, 2.75) is 38.8 Å².